The van der Waals surface area contributed by atoms with Gasteiger partial charge in [0.05, 0.1) is 44.2 Å². The van der Waals surface area contributed by atoms with Crippen LogP contribution in [0.4, 0.5) is 5.69 Å². The van der Waals surface area contributed by atoms with Gasteiger partial charge in [-0.1, -0.05) is 51.1 Å². The molecule has 0 unspecified atom stereocenters. The quantitative estimate of drug-likeness (QED) is 0.104. The molecule has 2 atom stereocenters. The minimum atomic E-state index is -0.146. The van der Waals surface area contributed by atoms with Crippen molar-refractivity contribution in [1.29, 1.82) is 0 Å². The predicted octanol–water partition coefficient (Wildman–Crippen LogP) is 10.5. The molecular formula is C51H58N3O6UY-3. The summed E-state index contributed by atoms with van der Waals surface area (Å²) in [5.74, 6) is 1.74. The van der Waals surface area contributed by atoms with E-state index in [9.17, 15) is 9.59 Å². The van der Waals surface area contributed by atoms with Crippen LogP contribution in [0.1, 0.15) is 95.8 Å². The molecule has 4 aromatic carbocycles. The fourth-order valence-corrected chi connectivity index (χ4v) is 7.82. The molecule has 0 saturated heterocycles. The van der Waals surface area contributed by atoms with Crippen LogP contribution >= 0.6 is 0 Å². The first-order valence-corrected chi connectivity index (χ1v) is 20.6. The third-order valence-corrected chi connectivity index (χ3v) is 10.8. The molecule has 0 bridgehead atoms. The van der Waals surface area contributed by atoms with Crippen LogP contribution in [0.15, 0.2) is 96.3 Å². The summed E-state index contributed by atoms with van der Waals surface area (Å²) >= 11 is 0. The normalized spacial score (nSPS) is 17.1. The molecule has 11 heteroatoms. The number of benzene rings is 4. The molecule has 62 heavy (non-hydrogen) atoms. The van der Waals surface area contributed by atoms with Crippen LogP contribution in [0.3, 0.4) is 0 Å². The number of nitrogens with zero attached hydrogens (tertiary/aromatic N) is 3. The Morgan fingerprint density at radius 1 is 0.823 bits per heavy atom. The number of amides is 2. The Hall–Kier alpha value is -3.51. The van der Waals surface area contributed by atoms with Gasteiger partial charge in [-0.15, -0.1) is 5.56 Å². The summed E-state index contributed by atoms with van der Waals surface area (Å²) in [5, 5.41) is 0. The molecule has 2 amide bonds. The van der Waals surface area contributed by atoms with Crippen molar-refractivity contribution in [3.8, 4) is 17.2 Å². The summed E-state index contributed by atoms with van der Waals surface area (Å²) in [4.78, 5) is 35.7. The van der Waals surface area contributed by atoms with Crippen LogP contribution in [0, 0.1) is 63.9 Å². The van der Waals surface area contributed by atoms with E-state index in [-0.39, 0.29) is 95.1 Å². The molecular weight excluding hydrogens is 1080 g/mol. The fourth-order valence-electron chi connectivity index (χ4n) is 7.82. The number of carbonyl (C=O) groups excluding carboxylic acids is 2. The molecule has 0 saturated carbocycles. The number of rotatable bonds is 12. The summed E-state index contributed by atoms with van der Waals surface area (Å²) in [6, 6.07) is 28.6. The zero-order valence-electron chi connectivity index (χ0n) is 37.0. The van der Waals surface area contributed by atoms with Gasteiger partial charge in [-0.05, 0) is 77.6 Å². The van der Waals surface area contributed by atoms with Crippen molar-refractivity contribution in [2.24, 2.45) is 10.4 Å². The number of methoxy groups -OCH3 is 1. The molecule has 1 radical (unpaired) electrons. The van der Waals surface area contributed by atoms with Crippen molar-refractivity contribution < 1.29 is 92.4 Å². The van der Waals surface area contributed by atoms with Gasteiger partial charge >= 0.3 is 0 Å². The molecule has 4 aliphatic heterocycles. The topological polar surface area (TPSA) is 89.9 Å². The Kier molecular flexibility index (Phi) is 19.3. The molecule has 0 aromatic heterocycles. The molecule has 0 N–H and O–H groups in total. The Morgan fingerprint density at radius 3 is 2.18 bits per heavy atom. The first kappa shape index (κ1) is 51.1. The van der Waals surface area contributed by atoms with Gasteiger partial charge in [0.15, 0.2) is 11.5 Å². The van der Waals surface area contributed by atoms with E-state index in [0.29, 0.717) is 54.2 Å². The van der Waals surface area contributed by atoms with Gasteiger partial charge in [0, 0.05) is 120 Å². The van der Waals surface area contributed by atoms with E-state index in [1.807, 2.05) is 72.9 Å². The molecule has 8 rings (SSSR count). The van der Waals surface area contributed by atoms with Gasteiger partial charge < -0.3 is 43.1 Å². The van der Waals surface area contributed by atoms with Gasteiger partial charge in [0.1, 0.15) is 5.75 Å². The maximum absolute atomic E-state index is 13.7. The number of carbonyl (C=O) groups is 2. The van der Waals surface area contributed by atoms with Crippen molar-refractivity contribution >= 4 is 34.9 Å². The maximum Gasteiger partial charge on any atom is 0.260 e. The minimum Gasteiger partial charge on any atom is -0.493 e. The van der Waals surface area contributed by atoms with Gasteiger partial charge in [-0.2, -0.15) is 36.8 Å². The van der Waals surface area contributed by atoms with Crippen LogP contribution < -0.4 is 14.2 Å². The Balaban J connectivity index is 0.000000637. The molecule has 0 fully saturated rings. The summed E-state index contributed by atoms with van der Waals surface area (Å²) in [7, 11) is 1.57. The average Bonchev–Trinajstić information content (AvgIpc) is 3.82. The standard InChI is InChI=1S/C42H38N3O5.C8H17O.CH3.U.Y/c1-27-18-35-30(14-15-33-19-31(25-44(33)41(35)46)28-10-5-3-6-11-28)21-38(27)49-16-9-17-50-40-23-37-36(22-39(40)48-2)42(47)45-26-32(20-34(45)24-43-37)29-12-7-4-8-13-29;1-5-6-9-7-8(2,3)4;;;/h4-8,10-13,18,21-26,33-34H,9,14-17,19-20H2,1-2H3;1,5-7H2,2-4H3;1H3;;/q3*-1;;/t33-,34+;;;;/m1..../s1. The number of hydrogen-bond acceptors (Lipinski definition) is 7. The van der Waals surface area contributed by atoms with E-state index < -0.39 is 0 Å². The van der Waals surface area contributed by atoms with Crippen LogP contribution in [0.25, 0.3) is 11.1 Å². The Bertz CT molecular complexity index is 2240. The van der Waals surface area contributed by atoms with Gasteiger partial charge in [-0.25, -0.2) is 0 Å². The molecule has 0 aliphatic carbocycles. The van der Waals surface area contributed by atoms with Crippen molar-refractivity contribution in [3.63, 3.8) is 0 Å². The summed E-state index contributed by atoms with van der Waals surface area (Å²) in [6.07, 6.45) is 10.6. The van der Waals surface area contributed by atoms with E-state index in [2.05, 4.69) is 58.0 Å². The smallest absolute Gasteiger partial charge is 0.260 e. The monoisotopic (exact) mass is 1140 g/mol. The zero-order valence-corrected chi connectivity index (χ0v) is 44.0. The van der Waals surface area contributed by atoms with Gasteiger partial charge in [0.2, 0.25) is 0 Å². The fraction of sp³-hybridized carbons (Fsp3) is 0.353. The van der Waals surface area contributed by atoms with E-state index in [4.69, 9.17) is 23.9 Å². The molecule has 4 heterocycles. The summed E-state index contributed by atoms with van der Waals surface area (Å²) in [5.41, 5.74) is 8.61. The van der Waals surface area contributed by atoms with E-state index in [1.165, 1.54) is 5.57 Å². The van der Waals surface area contributed by atoms with Crippen molar-refractivity contribution in [3.05, 3.63) is 145 Å². The second-order valence-corrected chi connectivity index (χ2v) is 16.6. The van der Waals surface area contributed by atoms with E-state index in [0.717, 1.165) is 78.0 Å². The van der Waals surface area contributed by atoms with Crippen LogP contribution in [-0.4, -0.2) is 73.4 Å². The predicted molar refractivity (Wildman–Crippen MR) is 240 cm³/mol. The first-order valence-electron chi connectivity index (χ1n) is 20.6. The molecule has 9 nitrogen and oxygen atoms in total. The average molecular weight is 1140 g/mol. The second-order valence-electron chi connectivity index (χ2n) is 16.6. The van der Waals surface area contributed by atoms with E-state index >= 15 is 0 Å². The number of aliphatic imine (C=N–C) groups is 1. The summed E-state index contributed by atoms with van der Waals surface area (Å²) < 4.78 is 23.3. The maximum atomic E-state index is 13.7. The molecule has 4 aromatic rings. The van der Waals surface area contributed by atoms with Crippen molar-refractivity contribution in [2.75, 3.05) is 33.5 Å². The van der Waals surface area contributed by atoms with Crippen LogP contribution in [0.2, 0.25) is 0 Å². The number of fused-ring (bicyclic) bond motifs is 4. The largest absolute Gasteiger partial charge is 0.493 e. The van der Waals surface area contributed by atoms with Gasteiger partial charge in [-0.3, -0.25) is 14.6 Å². The summed E-state index contributed by atoms with van der Waals surface area (Å²) in [6.45, 7) is 14.6. The van der Waals surface area contributed by atoms with E-state index in [1.54, 1.807) is 24.1 Å². The first-order chi connectivity index (χ1) is 28.5. The minimum absolute atomic E-state index is 0. The van der Waals surface area contributed by atoms with Gasteiger partial charge in [0.25, 0.3) is 11.8 Å². The molecule has 0 spiro atoms. The Labute approximate surface area is 418 Å². The SMILES string of the molecule is COc1cc2c(cc1OCCCOc1cc3c(cc1C)C(=O)N1C=C(c4cc[c-]cc4)C[C@H]1CC3)N=C[C@@H]1CC(c3ccccc3)=CN1C2=O.[CH2-]CCOCC(C)(C)C.[CH3-].[U].[Y]. The van der Waals surface area contributed by atoms with Crippen LogP contribution in [-0.2, 0) is 43.9 Å². The number of aryl methyl sites for hydroxylation is 2. The second kappa shape index (κ2) is 23.4. The number of ether oxygens (including phenoxy) is 4. The Morgan fingerprint density at radius 2 is 1.48 bits per heavy atom. The third-order valence-electron chi connectivity index (χ3n) is 10.8. The number of hydrogen-bond donors (Lipinski definition) is 0. The van der Waals surface area contributed by atoms with Crippen molar-refractivity contribution in [1.82, 2.24) is 9.80 Å². The van der Waals surface area contributed by atoms with Crippen LogP contribution in [0.5, 0.6) is 17.2 Å². The van der Waals surface area contributed by atoms with Crippen molar-refractivity contribution in [2.45, 2.75) is 78.3 Å². The molecule has 4 aliphatic rings. The third kappa shape index (κ3) is 12.4. The zero-order chi connectivity index (χ0) is 41.5. The molecule has 323 valence electrons.